The number of hydrogen-bond donors (Lipinski definition) is 1. The summed E-state index contributed by atoms with van der Waals surface area (Å²) in [6.45, 7) is 5.70. The van der Waals surface area contributed by atoms with Crippen LogP contribution in [0, 0.1) is 6.92 Å². The first kappa shape index (κ1) is 16.1. The van der Waals surface area contributed by atoms with Crippen LogP contribution in [0.5, 0.6) is 0 Å². The average Bonchev–Trinajstić information content (AvgIpc) is 2.80. The van der Waals surface area contributed by atoms with Crippen LogP contribution in [0.2, 0.25) is 0 Å². The number of rotatable bonds is 7. The molecule has 1 atom stereocenters. The maximum atomic E-state index is 11.9. The Labute approximate surface area is 118 Å². The lowest BCUT2D eigenvalue weighted by molar-refractivity contribution is -0.142. The van der Waals surface area contributed by atoms with Gasteiger partial charge in [0.25, 0.3) is 0 Å². The SMILES string of the molecule is CCOC(=O)N(CCc1ccc(C)o1)C(CC)C(=O)O. The van der Waals surface area contributed by atoms with Gasteiger partial charge in [-0.05, 0) is 32.4 Å². The van der Waals surface area contributed by atoms with Gasteiger partial charge in [0.2, 0.25) is 0 Å². The van der Waals surface area contributed by atoms with E-state index < -0.39 is 18.1 Å². The van der Waals surface area contributed by atoms with Gasteiger partial charge < -0.3 is 14.3 Å². The standard InChI is InChI=1S/C14H21NO5/c1-4-12(13(16)17)15(14(18)19-5-2)9-8-11-7-6-10(3)20-11/h6-7,12H,4-5,8-9H2,1-3H3,(H,16,17). The molecule has 0 aliphatic carbocycles. The van der Waals surface area contributed by atoms with Crippen molar-refractivity contribution >= 4 is 12.1 Å². The third-order valence-corrected chi connectivity index (χ3v) is 2.95. The molecule has 0 bridgehead atoms. The normalized spacial score (nSPS) is 11.9. The zero-order valence-electron chi connectivity index (χ0n) is 12.1. The molecule has 0 aliphatic heterocycles. The molecule has 0 fully saturated rings. The van der Waals surface area contributed by atoms with Crippen molar-refractivity contribution < 1.29 is 23.8 Å². The van der Waals surface area contributed by atoms with E-state index >= 15 is 0 Å². The van der Waals surface area contributed by atoms with Crippen LogP contribution >= 0.6 is 0 Å². The van der Waals surface area contributed by atoms with Crippen LogP contribution in [-0.2, 0) is 16.0 Å². The number of carbonyl (C=O) groups excluding carboxylic acids is 1. The van der Waals surface area contributed by atoms with Crippen LogP contribution in [0.25, 0.3) is 0 Å². The molecule has 0 saturated carbocycles. The smallest absolute Gasteiger partial charge is 0.410 e. The second kappa shape index (κ2) is 7.57. The van der Waals surface area contributed by atoms with Crippen LogP contribution < -0.4 is 0 Å². The van der Waals surface area contributed by atoms with Crippen LogP contribution in [0.4, 0.5) is 4.79 Å². The summed E-state index contributed by atoms with van der Waals surface area (Å²) in [7, 11) is 0. The maximum Gasteiger partial charge on any atom is 0.410 e. The molecule has 1 amide bonds. The van der Waals surface area contributed by atoms with E-state index in [1.807, 2.05) is 19.1 Å². The number of amides is 1. The van der Waals surface area contributed by atoms with Crippen molar-refractivity contribution in [3.63, 3.8) is 0 Å². The van der Waals surface area contributed by atoms with Crippen molar-refractivity contribution in [2.75, 3.05) is 13.2 Å². The summed E-state index contributed by atoms with van der Waals surface area (Å²) in [6.07, 6.45) is 0.173. The molecule has 6 nitrogen and oxygen atoms in total. The van der Waals surface area contributed by atoms with Crippen molar-refractivity contribution in [3.05, 3.63) is 23.7 Å². The molecule has 0 aliphatic rings. The van der Waals surface area contributed by atoms with E-state index in [-0.39, 0.29) is 13.2 Å². The lowest BCUT2D eigenvalue weighted by Crippen LogP contribution is -2.46. The summed E-state index contributed by atoms with van der Waals surface area (Å²) in [5, 5.41) is 9.19. The second-order valence-electron chi connectivity index (χ2n) is 4.42. The summed E-state index contributed by atoms with van der Waals surface area (Å²) in [4.78, 5) is 24.3. The summed E-state index contributed by atoms with van der Waals surface area (Å²) >= 11 is 0. The molecular formula is C14H21NO5. The highest BCUT2D eigenvalue weighted by atomic mass is 16.6. The first-order valence-electron chi connectivity index (χ1n) is 6.71. The number of aryl methyl sites for hydroxylation is 1. The molecule has 112 valence electrons. The van der Waals surface area contributed by atoms with Gasteiger partial charge in [-0.1, -0.05) is 6.92 Å². The molecule has 1 rings (SSSR count). The van der Waals surface area contributed by atoms with Gasteiger partial charge in [0.1, 0.15) is 17.6 Å². The van der Waals surface area contributed by atoms with Crippen molar-refractivity contribution in [2.24, 2.45) is 0 Å². The Balaban J connectivity index is 2.76. The summed E-state index contributed by atoms with van der Waals surface area (Å²) in [5.41, 5.74) is 0. The monoisotopic (exact) mass is 283 g/mol. The van der Waals surface area contributed by atoms with Crippen molar-refractivity contribution in [1.82, 2.24) is 4.90 Å². The van der Waals surface area contributed by atoms with Gasteiger partial charge in [0.05, 0.1) is 6.61 Å². The highest BCUT2D eigenvalue weighted by Crippen LogP contribution is 2.12. The zero-order chi connectivity index (χ0) is 15.1. The molecule has 0 aromatic carbocycles. The van der Waals surface area contributed by atoms with E-state index in [0.29, 0.717) is 12.8 Å². The third-order valence-electron chi connectivity index (χ3n) is 2.95. The Morgan fingerprint density at radius 1 is 1.40 bits per heavy atom. The van der Waals surface area contributed by atoms with Gasteiger partial charge in [-0.2, -0.15) is 0 Å². The Hall–Kier alpha value is -1.98. The van der Waals surface area contributed by atoms with E-state index in [2.05, 4.69) is 0 Å². The zero-order valence-corrected chi connectivity index (χ0v) is 12.1. The Kier molecular flexibility index (Phi) is 6.09. The highest BCUT2D eigenvalue weighted by Gasteiger charge is 2.29. The number of furan rings is 1. The number of carboxylic acid groups (broad SMARTS) is 1. The molecule has 1 aromatic rings. The van der Waals surface area contributed by atoms with Crippen LogP contribution in [-0.4, -0.2) is 41.3 Å². The van der Waals surface area contributed by atoms with E-state index in [1.54, 1.807) is 13.8 Å². The predicted octanol–water partition coefficient (Wildman–Crippen LogP) is 2.45. The van der Waals surface area contributed by atoms with Crippen molar-refractivity contribution in [1.29, 1.82) is 0 Å². The number of carbonyl (C=O) groups is 2. The minimum atomic E-state index is -1.03. The molecule has 1 N–H and O–H groups in total. The highest BCUT2D eigenvalue weighted by molar-refractivity contribution is 5.80. The number of carboxylic acids is 1. The minimum absolute atomic E-state index is 0.214. The molecule has 0 radical (unpaired) electrons. The lowest BCUT2D eigenvalue weighted by atomic mass is 10.2. The largest absolute Gasteiger partial charge is 0.480 e. The quantitative estimate of drug-likeness (QED) is 0.831. The summed E-state index contributed by atoms with van der Waals surface area (Å²) < 4.78 is 10.3. The average molecular weight is 283 g/mol. The van der Waals surface area contributed by atoms with Crippen LogP contribution in [0.15, 0.2) is 16.5 Å². The van der Waals surface area contributed by atoms with Gasteiger partial charge in [-0.3, -0.25) is 4.90 Å². The fourth-order valence-electron chi connectivity index (χ4n) is 1.96. The van der Waals surface area contributed by atoms with Crippen LogP contribution in [0.3, 0.4) is 0 Å². The third kappa shape index (κ3) is 4.29. The first-order valence-corrected chi connectivity index (χ1v) is 6.71. The van der Waals surface area contributed by atoms with Gasteiger partial charge in [0, 0.05) is 13.0 Å². The first-order chi connectivity index (χ1) is 9.49. The van der Waals surface area contributed by atoms with E-state index in [4.69, 9.17) is 9.15 Å². The number of ether oxygens (including phenoxy) is 1. The van der Waals surface area contributed by atoms with E-state index in [1.165, 1.54) is 4.90 Å². The summed E-state index contributed by atoms with van der Waals surface area (Å²) in [6, 6.07) is 2.77. The van der Waals surface area contributed by atoms with Gasteiger partial charge >= 0.3 is 12.1 Å². The molecule has 0 saturated heterocycles. The fourth-order valence-corrected chi connectivity index (χ4v) is 1.96. The molecular weight excluding hydrogens is 262 g/mol. The van der Waals surface area contributed by atoms with Crippen molar-refractivity contribution in [2.45, 2.75) is 39.7 Å². The number of aliphatic carboxylic acids is 1. The van der Waals surface area contributed by atoms with Crippen molar-refractivity contribution in [3.8, 4) is 0 Å². The minimum Gasteiger partial charge on any atom is -0.480 e. The predicted molar refractivity (Wildman–Crippen MR) is 72.6 cm³/mol. The fraction of sp³-hybridized carbons (Fsp3) is 0.571. The lowest BCUT2D eigenvalue weighted by Gasteiger charge is -2.27. The molecule has 6 heteroatoms. The molecule has 20 heavy (non-hydrogen) atoms. The topological polar surface area (TPSA) is 80.0 Å². The molecule has 1 aromatic heterocycles. The van der Waals surface area contributed by atoms with Gasteiger partial charge in [0.15, 0.2) is 0 Å². The Morgan fingerprint density at radius 3 is 2.55 bits per heavy atom. The maximum absolute atomic E-state index is 11.9. The Bertz CT molecular complexity index is 454. The molecule has 1 heterocycles. The number of hydrogen-bond acceptors (Lipinski definition) is 4. The summed E-state index contributed by atoms with van der Waals surface area (Å²) in [5.74, 6) is 0.473. The van der Waals surface area contributed by atoms with Gasteiger partial charge in [-0.25, -0.2) is 9.59 Å². The molecule has 1 unspecified atom stereocenters. The van der Waals surface area contributed by atoms with E-state index in [9.17, 15) is 14.7 Å². The van der Waals surface area contributed by atoms with E-state index in [0.717, 1.165) is 11.5 Å². The number of nitrogens with zero attached hydrogens (tertiary/aromatic N) is 1. The Morgan fingerprint density at radius 2 is 2.10 bits per heavy atom. The molecule has 0 spiro atoms. The van der Waals surface area contributed by atoms with Gasteiger partial charge in [-0.15, -0.1) is 0 Å². The van der Waals surface area contributed by atoms with Crippen LogP contribution in [0.1, 0.15) is 31.8 Å². The second-order valence-corrected chi connectivity index (χ2v) is 4.42.